The lowest BCUT2D eigenvalue weighted by Crippen LogP contribution is -2.32. The molecule has 1 unspecified atom stereocenters. The van der Waals surface area contributed by atoms with E-state index in [0.717, 1.165) is 5.52 Å². The van der Waals surface area contributed by atoms with Crippen LogP contribution < -0.4 is 5.69 Å². The normalized spacial score (nSPS) is 16.9. The molecule has 1 atom stereocenters. The van der Waals surface area contributed by atoms with Gasteiger partial charge in [-0.15, -0.1) is 0 Å². The van der Waals surface area contributed by atoms with Crippen LogP contribution in [0.3, 0.4) is 0 Å². The molecule has 1 amide bonds. The van der Waals surface area contributed by atoms with E-state index in [2.05, 4.69) is 9.97 Å². The van der Waals surface area contributed by atoms with Crippen molar-refractivity contribution in [2.24, 2.45) is 0 Å². The van der Waals surface area contributed by atoms with Crippen LogP contribution >= 0.6 is 0 Å². The Morgan fingerprint density at radius 1 is 1.30 bits per heavy atom. The molecule has 1 aliphatic rings. The minimum atomic E-state index is -0.110. The number of pyridine rings is 2. The summed E-state index contributed by atoms with van der Waals surface area (Å²) < 4.78 is 8.55. The van der Waals surface area contributed by atoms with Gasteiger partial charge < -0.3 is 9.64 Å². The zero-order chi connectivity index (χ0) is 18.8. The molecule has 0 saturated carbocycles. The molecule has 0 aromatic carbocycles. The molecule has 140 valence electrons. The van der Waals surface area contributed by atoms with Gasteiger partial charge in [-0.25, -0.2) is 9.78 Å². The fourth-order valence-electron chi connectivity index (χ4n) is 3.65. The monoisotopic (exact) mass is 367 g/mol. The molecule has 1 aliphatic heterocycles. The number of fused-ring (bicyclic) bond motifs is 1. The van der Waals surface area contributed by atoms with Crippen molar-refractivity contribution in [3.05, 3.63) is 58.9 Å². The predicted octanol–water partition coefficient (Wildman–Crippen LogP) is 1.33. The number of aromatic nitrogens is 4. The lowest BCUT2D eigenvalue weighted by atomic mass is 10.2. The van der Waals surface area contributed by atoms with Crippen molar-refractivity contribution in [1.29, 1.82) is 0 Å². The highest BCUT2D eigenvalue weighted by atomic mass is 16.5. The van der Waals surface area contributed by atoms with Crippen LogP contribution in [0.1, 0.15) is 22.8 Å². The number of hydrogen-bond donors (Lipinski definition) is 0. The third-order valence-electron chi connectivity index (χ3n) is 4.97. The van der Waals surface area contributed by atoms with Crippen molar-refractivity contribution >= 4 is 17.1 Å². The summed E-state index contributed by atoms with van der Waals surface area (Å²) in [7, 11) is 1.61. The molecule has 4 heterocycles. The van der Waals surface area contributed by atoms with Gasteiger partial charge in [0.05, 0.1) is 30.3 Å². The molecule has 0 aliphatic carbocycles. The van der Waals surface area contributed by atoms with Crippen LogP contribution in [0.4, 0.5) is 0 Å². The highest BCUT2D eigenvalue weighted by Crippen LogP contribution is 2.25. The van der Waals surface area contributed by atoms with E-state index in [1.807, 2.05) is 12.1 Å². The number of amides is 1. The van der Waals surface area contributed by atoms with Gasteiger partial charge in [-0.1, -0.05) is 0 Å². The first-order chi connectivity index (χ1) is 13.2. The molecule has 27 heavy (non-hydrogen) atoms. The summed E-state index contributed by atoms with van der Waals surface area (Å²) in [5.41, 5.74) is 1.89. The van der Waals surface area contributed by atoms with Crippen LogP contribution in [-0.2, 0) is 11.3 Å². The number of carbonyl (C=O) groups excluding carboxylic acids is 1. The van der Waals surface area contributed by atoms with E-state index in [9.17, 15) is 9.59 Å². The van der Waals surface area contributed by atoms with Crippen LogP contribution in [0.25, 0.3) is 11.2 Å². The predicted molar refractivity (Wildman–Crippen MR) is 99.7 cm³/mol. The molecule has 0 radical (unpaired) electrons. The van der Waals surface area contributed by atoms with E-state index in [4.69, 9.17) is 4.74 Å². The average Bonchev–Trinajstić information content (AvgIpc) is 3.29. The Morgan fingerprint density at radius 3 is 2.93 bits per heavy atom. The third-order valence-corrected chi connectivity index (χ3v) is 4.97. The van der Waals surface area contributed by atoms with Crippen molar-refractivity contribution in [3.63, 3.8) is 0 Å². The second-order valence-corrected chi connectivity index (χ2v) is 6.58. The molecular weight excluding hydrogens is 346 g/mol. The summed E-state index contributed by atoms with van der Waals surface area (Å²) in [6, 6.07) is 7.12. The standard InChI is InChI=1S/C19H21N5O3/c1-27-11-10-23-16-5-3-8-21-17(16)24(19(23)26)15-6-9-22(13-15)18(25)14-4-2-7-20-12-14/h2-5,7-8,12,15H,6,9-11,13H2,1H3. The van der Waals surface area contributed by atoms with E-state index < -0.39 is 0 Å². The summed E-state index contributed by atoms with van der Waals surface area (Å²) in [4.78, 5) is 35.9. The van der Waals surface area contributed by atoms with Crippen LogP contribution in [0.5, 0.6) is 0 Å². The topological polar surface area (TPSA) is 82.2 Å². The molecule has 1 fully saturated rings. The molecule has 8 nitrogen and oxygen atoms in total. The molecule has 8 heteroatoms. The van der Waals surface area contributed by atoms with Gasteiger partial charge in [0.15, 0.2) is 5.65 Å². The lowest BCUT2D eigenvalue weighted by Gasteiger charge is -2.16. The van der Waals surface area contributed by atoms with Gasteiger partial charge in [0.1, 0.15) is 0 Å². The Hall–Kier alpha value is -3.00. The molecule has 1 saturated heterocycles. The first kappa shape index (κ1) is 17.4. The van der Waals surface area contributed by atoms with E-state index in [0.29, 0.717) is 43.9 Å². The second-order valence-electron chi connectivity index (χ2n) is 6.58. The molecule has 4 rings (SSSR count). The van der Waals surface area contributed by atoms with Crippen molar-refractivity contribution in [2.45, 2.75) is 19.0 Å². The second kappa shape index (κ2) is 7.32. The molecule has 3 aromatic heterocycles. The number of carbonyl (C=O) groups is 1. The maximum atomic E-state index is 13.0. The van der Waals surface area contributed by atoms with Gasteiger partial charge in [0.2, 0.25) is 0 Å². The number of imidazole rings is 1. The number of methoxy groups -OCH3 is 1. The first-order valence-corrected chi connectivity index (χ1v) is 8.94. The van der Waals surface area contributed by atoms with E-state index in [-0.39, 0.29) is 17.6 Å². The Morgan fingerprint density at radius 2 is 2.15 bits per heavy atom. The molecule has 0 bridgehead atoms. The van der Waals surface area contributed by atoms with Crippen LogP contribution in [0.2, 0.25) is 0 Å². The number of hydrogen-bond acceptors (Lipinski definition) is 5. The maximum Gasteiger partial charge on any atom is 0.330 e. The fourth-order valence-corrected chi connectivity index (χ4v) is 3.65. The first-order valence-electron chi connectivity index (χ1n) is 8.94. The summed E-state index contributed by atoms with van der Waals surface area (Å²) in [6.45, 7) is 2.00. The van der Waals surface area contributed by atoms with Gasteiger partial charge in [-0.2, -0.15) is 0 Å². The number of nitrogens with zero attached hydrogens (tertiary/aromatic N) is 5. The summed E-state index contributed by atoms with van der Waals surface area (Å²) in [6.07, 6.45) is 5.61. The minimum absolute atomic E-state index is 0.0604. The van der Waals surface area contributed by atoms with Crippen LogP contribution in [0.15, 0.2) is 47.7 Å². The maximum absolute atomic E-state index is 13.0. The van der Waals surface area contributed by atoms with E-state index in [1.165, 1.54) is 0 Å². The van der Waals surface area contributed by atoms with Crippen LogP contribution in [0, 0.1) is 0 Å². The Labute approximate surface area is 156 Å². The van der Waals surface area contributed by atoms with Gasteiger partial charge in [-0.05, 0) is 30.7 Å². The van der Waals surface area contributed by atoms with Gasteiger partial charge in [0, 0.05) is 38.8 Å². The van der Waals surface area contributed by atoms with E-state index >= 15 is 0 Å². The number of ether oxygens (including phenoxy) is 1. The summed E-state index contributed by atoms with van der Waals surface area (Å²) >= 11 is 0. The largest absolute Gasteiger partial charge is 0.383 e. The van der Waals surface area contributed by atoms with Gasteiger partial charge in [0.25, 0.3) is 5.91 Å². The highest BCUT2D eigenvalue weighted by molar-refractivity contribution is 5.94. The Kier molecular flexibility index (Phi) is 4.72. The van der Waals surface area contributed by atoms with E-state index in [1.54, 1.807) is 51.9 Å². The summed E-state index contributed by atoms with van der Waals surface area (Å²) in [5.74, 6) is -0.0604. The Bertz CT molecular complexity index is 1010. The molecule has 0 N–H and O–H groups in total. The third kappa shape index (κ3) is 3.12. The van der Waals surface area contributed by atoms with Crippen molar-refractivity contribution in [2.75, 3.05) is 26.8 Å². The van der Waals surface area contributed by atoms with Gasteiger partial charge >= 0.3 is 5.69 Å². The minimum Gasteiger partial charge on any atom is -0.383 e. The lowest BCUT2D eigenvalue weighted by molar-refractivity contribution is 0.0787. The molecule has 3 aromatic rings. The van der Waals surface area contributed by atoms with Crippen molar-refractivity contribution in [3.8, 4) is 0 Å². The highest BCUT2D eigenvalue weighted by Gasteiger charge is 2.31. The zero-order valence-electron chi connectivity index (χ0n) is 15.1. The fraction of sp³-hybridized carbons (Fsp3) is 0.368. The van der Waals surface area contributed by atoms with Crippen molar-refractivity contribution < 1.29 is 9.53 Å². The quantitative estimate of drug-likeness (QED) is 0.679. The SMILES string of the molecule is COCCn1c(=O)n(C2CCN(C(=O)c3cccnc3)C2)c2ncccc21. The van der Waals surface area contributed by atoms with Crippen LogP contribution in [-0.4, -0.2) is 56.7 Å². The van der Waals surface area contributed by atoms with Gasteiger partial charge in [-0.3, -0.25) is 18.9 Å². The summed E-state index contributed by atoms with van der Waals surface area (Å²) in [5, 5.41) is 0. The smallest absolute Gasteiger partial charge is 0.330 e. The molecule has 0 spiro atoms. The Balaban J connectivity index is 1.65. The van der Waals surface area contributed by atoms with Crippen molar-refractivity contribution in [1.82, 2.24) is 24.0 Å². The number of rotatable bonds is 5. The molecular formula is C19H21N5O3. The average molecular weight is 367 g/mol. The zero-order valence-corrected chi connectivity index (χ0v) is 15.1. The number of likely N-dealkylation sites (tertiary alicyclic amines) is 1.